The van der Waals surface area contributed by atoms with Gasteiger partial charge in [0.05, 0.1) is 12.1 Å². The molecule has 2 aromatic rings. The summed E-state index contributed by atoms with van der Waals surface area (Å²) in [5.41, 5.74) is -1.47. The summed E-state index contributed by atoms with van der Waals surface area (Å²) >= 11 is 0. The van der Waals surface area contributed by atoms with Gasteiger partial charge in [0.15, 0.2) is 0 Å². The van der Waals surface area contributed by atoms with Crippen molar-refractivity contribution in [3.05, 3.63) is 49.2 Å². The predicted octanol–water partition coefficient (Wildman–Crippen LogP) is 2.64. The fourth-order valence-corrected chi connectivity index (χ4v) is 4.84. The van der Waals surface area contributed by atoms with Crippen molar-refractivity contribution in [2.24, 2.45) is 5.92 Å². The molecule has 1 aromatic heterocycles. The second kappa shape index (κ2) is 10.5. The minimum Gasteiger partial charge on any atom is -0.488 e. The summed E-state index contributed by atoms with van der Waals surface area (Å²) in [6.45, 7) is 10.3. The lowest BCUT2D eigenvalue weighted by Crippen LogP contribution is -2.56. The number of carbonyl (C=O) groups is 4. The van der Waals surface area contributed by atoms with Crippen molar-refractivity contribution in [2.75, 3.05) is 6.54 Å². The summed E-state index contributed by atoms with van der Waals surface area (Å²) in [6, 6.07) is 7.13. The Morgan fingerprint density at radius 3 is 2.59 bits per heavy atom. The molecule has 3 amide bonds. The number of carboxylic acids is 1. The van der Waals surface area contributed by atoms with E-state index in [0.29, 0.717) is 5.75 Å². The number of para-hydroxylation sites is 1. The molecule has 4 rings (SSSR count). The van der Waals surface area contributed by atoms with Gasteiger partial charge in [0, 0.05) is 23.9 Å². The fourth-order valence-electron chi connectivity index (χ4n) is 4.84. The Morgan fingerprint density at radius 2 is 1.95 bits per heavy atom. The van der Waals surface area contributed by atoms with Gasteiger partial charge in [-0.2, -0.15) is 0 Å². The van der Waals surface area contributed by atoms with Crippen LogP contribution in [0.25, 0.3) is 10.9 Å². The normalized spacial score (nSPS) is 24.9. The first-order chi connectivity index (χ1) is 18.3. The van der Waals surface area contributed by atoms with Crippen LogP contribution in [0.1, 0.15) is 40.5 Å². The third kappa shape index (κ3) is 5.97. The zero-order chi connectivity index (χ0) is 28.5. The van der Waals surface area contributed by atoms with Gasteiger partial charge in [-0.25, -0.2) is 9.59 Å². The molecule has 5 atom stereocenters. The Labute approximate surface area is 226 Å². The number of carbonyl (C=O) groups excluding carboxylic acids is 3. The van der Waals surface area contributed by atoms with Gasteiger partial charge in [-0.05, 0) is 52.3 Å². The molecule has 208 valence electrons. The Balaban J connectivity index is 1.55. The molecule has 1 saturated heterocycles. The van der Waals surface area contributed by atoms with Crippen LogP contribution in [0, 0.1) is 5.92 Å². The summed E-state index contributed by atoms with van der Waals surface area (Å²) in [5.74, 6) is -2.15. The maximum absolute atomic E-state index is 13.5. The highest BCUT2D eigenvalue weighted by Gasteiger charge is 2.61. The Hall–Kier alpha value is -4.15. The van der Waals surface area contributed by atoms with Crippen molar-refractivity contribution in [1.82, 2.24) is 20.5 Å². The number of aromatic nitrogens is 1. The molecule has 3 N–H and O–H groups in total. The number of alkyl carbamates (subject to hydrolysis) is 1. The highest BCUT2D eigenvalue weighted by atomic mass is 16.6. The van der Waals surface area contributed by atoms with Crippen LogP contribution in [0.3, 0.4) is 0 Å². The Morgan fingerprint density at radius 1 is 1.23 bits per heavy atom. The number of likely N-dealkylation sites (tertiary alicyclic amines) is 1. The van der Waals surface area contributed by atoms with Crippen molar-refractivity contribution < 1.29 is 33.8 Å². The van der Waals surface area contributed by atoms with E-state index < -0.39 is 59.1 Å². The number of hydrogen-bond acceptors (Lipinski definition) is 7. The van der Waals surface area contributed by atoms with E-state index in [2.05, 4.69) is 22.2 Å². The molecule has 0 spiro atoms. The Kier molecular flexibility index (Phi) is 7.54. The van der Waals surface area contributed by atoms with Crippen LogP contribution in [0.4, 0.5) is 4.79 Å². The minimum atomic E-state index is -1.45. The summed E-state index contributed by atoms with van der Waals surface area (Å²) < 4.78 is 11.5. The number of aliphatic carboxylic acids is 1. The summed E-state index contributed by atoms with van der Waals surface area (Å²) in [6.07, 6.45) is 2.13. The first kappa shape index (κ1) is 27.9. The van der Waals surface area contributed by atoms with Gasteiger partial charge in [0.1, 0.15) is 35.1 Å². The molecule has 0 radical (unpaired) electrons. The number of carboxylic acid groups (broad SMARTS) is 1. The van der Waals surface area contributed by atoms with Gasteiger partial charge in [-0.1, -0.05) is 18.2 Å². The second-order valence-electron chi connectivity index (χ2n) is 11.0. The topological polar surface area (TPSA) is 147 Å². The fraction of sp³-hybridized carbons (Fsp3) is 0.464. The van der Waals surface area contributed by atoms with Gasteiger partial charge in [-0.3, -0.25) is 14.6 Å². The number of amides is 3. The van der Waals surface area contributed by atoms with Gasteiger partial charge in [0.25, 0.3) is 0 Å². The van der Waals surface area contributed by atoms with E-state index in [1.807, 2.05) is 24.3 Å². The molecule has 39 heavy (non-hydrogen) atoms. The molecule has 1 aromatic carbocycles. The molecule has 2 heterocycles. The van der Waals surface area contributed by atoms with Crippen molar-refractivity contribution in [2.45, 2.75) is 69.9 Å². The molecule has 1 aliphatic heterocycles. The monoisotopic (exact) mass is 538 g/mol. The van der Waals surface area contributed by atoms with Crippen molar-refractivity contribution in [1.29, 1.82) is 0 Å². The zero-order valence-electron chi connectivity index (χ0n) is 22.5. The number of fused-ring (bicyclic) bond motifs is 1. The molecule has 0 bridgehead atoms. The van der Waals surface area contributed by atoms with Gasteiger partial charge < -0.3 is 30.1 Å². The van der Waals surface area contributed by atoms with Gasteiger partial charge in [-0.15, -0.1) is 6.58 Å². The standard InChI is InChI=1S/C28H34N4O7/c1-6-17-14-28(17,25(35)36)31-23(33)21-13-18(38-22-11-12-29-20-10-8-7-9-19(20)22)15-32(21)24(34)16(2)30-26(37)39-27(3,4)5/h6-12,16-18,21H,1,13-15H2,2-5H3,(H,30,37)(H,31,33)(H,35,36). The molecule has 11 heteroatoms. The van der Waals surface area contributed by atoms with Gasteiger partial charge in [0.2, 0.25) is 11.8 Å². The molecule has 1 aliphatic carbocycles. The number of nitrogens with zero attached hydrogens (tertiary/aromatic N) is 2. The lowest BCUT2D eigenvalue weighted by Gasteiger charge is -2.28. The van der Waals surface area contributed by atoms with E-state index in [9.17, 15) is 24.3 Å². The highest BCUT2D eigenvalue weighted by molar-refractivity contribution is 5.96. The highest BCUT2D eigenvalue weighted by Crippen LogP contribution is 2.45. The molecule has 5 unspecified atom stereocenters. The van der Waals surface area contributed by atoms with Crippen LogP contribution in [-0.2, 0) is 19.1 Å². The average molecular weight is 539 g/mol. The first-order valence-electron chi connectivity index (χ1n) is 12.8. The van der Waals surface area contributed by atoms with E-state index >= 15 is 0 Å². The number of nitrogens with one attached hydrogen (secondary N) is 2. The van der Waals surface area contributed by atoms with Crippen LogP contribution < -0.4 is 15.4 Å². The smallest absolute Gasteiger partial charge is 0.408 e. The van der Waals surface area contributed by atoms with E-state index in [0.717, 1.165) is 10.9 Å². The summed E-state index contributed by atoms with van der Waals surface area (Å²) in [5, 5.41) is 15.7. The summed E-state index contributed by atoms with van der Waals surface area (Å²) in [7, 11) is 0. The maximum atomic E-state index is 13.5. The third-order valence-corrected chi connectivity index (χ3v) is 6.88. The van der Waals surface area contributed by atoms with Gasteiger partial charge >= 0.3 is 12.1 Å². The van der Waals surface area contributed by atoms with E-state index in [1.165, 1.54) is 17.9 Å². The zero-order valence-corrected chi connectivity index (χ0v) is 22.5. The largest absolute Gasteiger partial charge is 0.488 e. The van der Waals surface area contributed by atoms with Crippen LogP contribution in [0.5, 0.6) is 5.75 Å². The van der Waals surface area contributed by atoms with Crippen LogP contribution in [0.2, 0.25) is 0 Å². The molecule has 2 fully saturated rings. The molecular weight excluding hydrogens is 504 g/mol. The minimum absolute atomic E-state index is 0.0544. The third-order valence-electron chi connectivity index (χ3n) is 6.88. The Bertz CT molecular complexity index is 1300. The van der Waals surface area contributed by atoms with E-state index in [-0.39, 0.29) is 19.4 Å². The van der Waals surface area contributed by atoms with Crippen LogP contribution in [0.15, 0.2) is 49.2 Å². The van der Waals surface area contributed by atoms with Crippen molar-refractivity contribution in [3.63, 3.8) is 0 Å². The number of pyridine rings is 1. The van der Waals surface area contributed by atoms with Crippen molar-refractivity contribution in [3.8, 4) is 5.75 Å². The van der Waals surface area contributed by atoms with E-state index in [1.54, 1.807) is 33.0 Å². The van der Waals surface area contributed by atoms with Crippen LogP contribution >= 0.6 is 0 Å². The maximum Gasteiger partial charge on any atom is 0.408 e. The first-order valence-corrected chi connectivity index (χ1v) is 12.8. The molecule has 11 nitrogen and oxygen atoms in total. The lowest BCUT2D eigenvalue weighted by molar-refractivity contribution is -0.145. The van der Waals surface area contributed by atoms with Crippen LogP contribution in [-0.4, -0.2) is 74.7 Å². The number of hydrogen-bond donors (Lipinski definition) is 3. The lowest BCUT2D eigenvalue weighted by atomic mass is 10.1. The molecule has 2 aliphatic rings. The summed E-state index contributed by atoms with van der Waals surface area (Å²) in [4.78, 5) is 56.8. The average Bonchev–Trinajstić information content (AvgIpc) is 3.42. The molecular formula is C28H34N4O7. The predicted molar refractivity (Wildman–Crippen MR) is 142 cm³/mol. The number of benzene rings is 1. The van der Waals surface area contributed by atoms with Crippen molar-refractivity contribution >= 4 is 34.8 Å². The molecule has 1 saturated carbocycles. The number of ether oxygens (including phenoxy) is 2. The van der Waals surface area contributed by atoms with E-state index in [4.69, 9.17) is 9.47 Å². The second-order valence-corrected chi connectivity index (χ2v) is 11.0. The number of rotatable bonds is 8. The SMILES string of the molecule is C=CC1CC1(NC(=O)C1CC(Oc2ccnc3ccccc23)CN1C(=O)C(C)NC(=O)OC(C)(C)C)C(=O)O. The quantitative estimate of drug-likeness (QED) is 0.435.